The van der Waals surface area contributed by atoms with Crippen molar-refractivity contribution in [1.82, 2.24) is 4.90 Å². The predicted octanol–water partition coefficient (Wildman–Crippen LogP) is 0.898. The third-order valence-electron chi connectivity index (χ3n) is 1.94. The maximum atomic E-state index is 5.58. The Labute approximate surface area is 92.8 Å². The first kappa shape index (κ1) is 15.9. The van der Waals surface area contributed by atoms with Gasteiger partial charge in [-0.2, -0.15) is 0 Å². The number of morpholine rings is 1. The summed E-state index contributed by atoms with van der Waals surface area (Å²) in [7, 11) is 0. The van der Waals surface area contributed by atoms with Gasteiger partial charge in [-0.25, -0.2) is 0 Å². The highest BCUT2D eigenvalue weighted by molar-refractivity contribution is 5.85. The Hall–Kier alpha value is 0.460. The van der Waals surface area contributed by atoms with Gasteiger partial charge in [0.2, 0.25) is 0 Å². The van der Waals surface area contributed by atoms with E-state index in [-0.39, 0.29) is 24.8 Å². The molecule has 0 aromatic carbocycles. The molecule has 0 unspecified atom stereocenters. The fraction of sp³-hybridized carbons (Fsp3) is 1.00. The Bertz CT molecular complexity index is 117. The minimum absolute atomic E-state index is 0. The monoisotopic (exact) mass is 230 g/mol. The van der Waals surface area contributed by atoms with Crippen LogP contribution in [-0.4, -0.2) is 43.3 Å². The van der Waals surface area contributed by atoms with Crippen LogP contribution in [0.5, 0.6) is 0 Å². The van der Waals surface area contributed by atoms with Gasteiger partial charge in [0.25, 0.3) is 0 Å². The summed E-state index contributed by atoms with van der Waals surface area (Å²) in [4.78, 5) is 2.36. The van der Waals surface area contributed by atoms with Gasteiger partial charge < -0.3 is 10.5 Å². The molecule has 5 heteroatoms. The van der Waals surface area contributed by atoms with E-state index in [4.69, 9.17) is 10.5 Å². The molecule has 0 radical (unpaired) electrons. The van der Waals surface area contributed by atoms with Crippen LogP contribution in [0.2, 0.25) is 0 Å². The maximum absolute atomic E-state index is 5.58. The minimum Gasteiger partial charge on any atom is -0.373 e. The number of hydrogen-bond acceptors (Lipinski definition) is 3. The number of hydrogen-bond donors (Lipinski definition) is 1. The van der Waals surface area contributed by atoms with E-state index in [0.29, 0.717) is 12.2 Å². The summed E-state index contributed by atoms with van der Waals surface area (Å²) >= 11 is 0. The third-order valence-corrected chi connectivity index (χ3v) is 1.94. The minimum atomic E-state index is 0. The van der Waals surface area contributed by atoms with Crippen molar-refractivity contribution < 1.29 is 4.74 Å². The van der Waals surface area contributed by atoms with Gasteiger partial charge in [0.05, 0.1) is 12.2 Å². The highest BCUT2D eigenvalue weighted by Gasteiger charge is 2.20. The van der Waals surface area contributed by atoms with Gasteiger partial charge in [-0.05, 0) is 13.8 Å². The molecule has 1 aliphatic heterocycles. The van der Waals surface area contributed by atoms with Crippen molar-refractivity contribution in [1.29, 1.82) is 0 Å². The van der Waals surface area contributed by atoms with Crippen molar-refractivity contribution in [3.63, 3.8) is 0 Å². The second kappa shape index (κ2) is 7.83. The zero-order valence-corrected chi connectivity index (χ0v) is 9.87. The molecule has 0 aromatic heterocycles. The Morgan fingerprint density at radius 1 is 1.23 bits per heavy atom. The van der Waals surface area contributed by atoms with E-state index in [1.165, 1.54) is 0 Å². The number of ether oxygens (including phenoxy) is 1. The fourth-order valence-electron chi connectivity index (χ4n) is 1.65. The Morgan fingerprint density at radius 2 is 1.69 bits per heavy atom. The van der Waals surface area contributed by atoms with Gasteiger partial charge in [0.15, 0.2) is 0 Å². The van der Waals surface area contributed by atoms with E-state index in [9.17, 15) is 0 Å². The van der Waals surface area contributed by atoms with E-state index in [1.54, 1.807) is 0 Å². The van der Waals surface area contributed by atoms with E-state index < -0.39 is 0 Å². The molecule has 1 rings (SSSR count). The second-order valence-corrected chi connectivity index (χ2v) is 3.31. The zero-order chi connectivity index (χ0) is 8.27. The van der Waals surface area contributed by atoms with Crippen molar-refractivity contribution in [3.05, 3.63) is 0 Å². The summed E-state index contributed by atoms with van der Waals surface area (Å²) in [6, 6.07) is 0. The van der Waals surface area contributed by atoms with Crippen LogP contribution < -0.4 is 5.73 Å². The van der Waals surface area contributed by atoms with E-state index >= 15 is 0 Å². The molecule has 0 aromatic rings. The lowest BCUT2D eigenvalue weighted by Crippen LogP contribution is -2.46. The molecule has 1 aliphatic rings. The quantitative estimate of drug-likeness (QED) is 0.767. The van der Waals surface area contributed by atoms with Crippen molar-refractivity contribution in [2.45, 2.75) is 26.1 Å². The molecule has 1 saturated heterocycles. The smallest absolute Gasteiger partial charge is 0.0678 e. The van der Waals surface area contributed by atoms with Gasteiger partial charge in [-0.1, -0.05) is 0 Å². The van der Waals surface area contributed by atoms with E-state index in [2.05, 4.69) is 18.7 Å². The van der Waals surface area contributed by atoms with Crippen molar-refractivity contribution in [3.8, 4) is 0 Å². The average Bonchev–Trinajstić information content (AvgIpc) is 1.85. The largest absolute Gasteiger partial charge is 0.373 e. The summed E-state index contributed by atoms with van der Waals surface area (Å²) in [6.07, 6.45) is 0.732. The van der Waals surface area contributed by atoms with Crippen LogP contribution in [0, 0.1) is 0 Å². The van der Waals surface area contributed by atoms with Crippen LogP contribution in [0.3, 0.4) is 0 Å². The molecule has 0 aliphatic carbocycles. The fourth-order valence-corrected chi connectivity index (χ4v) is 1.65. The second-order valence-electron chi connectivity index (χ2n) is 3.31. The van der Waals surface area contributed by atoms with Crippen LogP contribution >= 0.6 is 24.8 Å². The molecule has 3 nitrogen and oxygen atoms in total. The van der Waals surface area contributed by atoms with Crippen molar-refractivity contribution >= 4 is 24.8 Å². The molecular weight excluding hydrogens is 211 g/mol. The lowest BCUT2D eigenvalue weighted by Gasteiger charge is -2.34. The molecule has 82 valence electrons. The first-order chi connectivity index (χ1) is 5.22. The molecule has 2 atom stereocenters. The lowest BCUT2D eigenvalue weighted by atomic mass is 10.2. The molecule has 0 amide bonds. The van der Waals surface area contributed by atoms with E-state index in [0.717, 1.165) is 26.2 Å². The molecule has 1 fully saturated rings. The standard InChI is InChI=1S/C8H18N2O.2ClH/c1-7-5-10(4-3-9)6-8(2)11-7;;/h7-8H,3-6,9H2,1-2H3;2*1H/t7-,8+;;. The van der Waals surface area contributed by atoms with Crippen molar-refractivity contribution in [2.24, 2.45) is 5.73 Å². The Balaban J connectivity index is 0. The first-order valence-electron chi connectivity index (χ1n) is 4.30. The number of rotatable bonds is 2. The summed E-state index contributed by atoms with van der Waals surface area (Å²) in [5, 5.41) is 0. The molecule has 1 heterocycles. The molecule has 13 heavy (non-hydrogen) atoms. The van der Waals surface area contributed by atoms with Crippen LogP contribution in [0.1, 0.15) is 13.8 Å². The zero-order valence-electron chi connectivity index (χ0n) is 8.23. The van der Waals surface area contributed by atoms with Crippen molar-refractivity contribution in [2.75, 3.05) is 26.2 Å². The highest BCUT2D eigenvalue weighted by atomic mass is 35.5. The SMILES string of the molecule is C[C@@H]1CN(CCN)C[C@H](C)O1.Cl.Cl. The Kier molecular flexibility index (Phi) is 9.58. The van der Waals surface area contributed by atoms with Crippen LogP contribution in [0.25, 0.3) is 0 Å². The van der Waals surface area contributed by atoms with Crippen LogP contribution in [0.15, 0.2) is 0 Å². The normalized spacial score (nSPS) is 28.8. The number of nitrogens with two attached hydrogens (primary N) is 1. The van der Waals surface area contributed by atoms with Gasteiger partial charge >= 0.3 is 0 Å². The molecule has 2 N–H and O–H groups in total. The van der Waals surface area contributed by atoms with Gasteiger partial charge in [0.1, 0.15) is 0 Å². The molecule has 0 saturated carbocycles. The lowest BCUT2D eigenvalue weighted by molar-refractivity contribution is -0.0669. The summed E-state index contributed by atoms with van der Waals surface area (Å²) in [6.45, 7) is 8.03. The summed E-state index contributed by atoms with van der Waals surface area (Å²) < 4.78 is 5.58. The number of halogens is 2. The van der Waals surface area contributed by atoms with Gasteiger partial charge in [-0.3, -0.25) is 4.90 Å². The summed E-state index contributed by atoms with van der Waals surface area (Å²) in [5.74, 6) is 0. The molecule has 0 spiro atoms. The van der Waals surface area contributed by atoms with Crippen LogP contribution in [-0.2, 0) is 4.74 Å². The molecule has 0 bridgehead atoms. The average molecular weight is 231 g/mol. The third kappa shape index (κ3) is 5.70. The topological polar surface area (TPSA) is 38.5 Å². The molecular formula is C8H20Cl2N2O. The Morgan fingerprint density at radius 3 is 2.08 bits per heavy atom. The van der Waals surface area contributed by atoms with E-state index in [1.807, 2.05) is 0 Å². The van der Waals surface area contributed by atoms with Gasteiger partial charge in [-0.15, -0.1) is 24.8 Å². The number of nitrogens with zero attached hydrogens (tertiary/aromatic N) is 1. The van der Waals surface area contributed by atoms with Gasteiger partial charge in [0, 0.05) is 26.2 Å². The maximum Gasteiger partial charge on any atom is 0.0678 e. The first-order valence-corrected chi connectivity index (χ1v) is 4.30. The highest BCUT2D eigenvalue weighted by Crippen LogP contribution is 2.09. The predicted molar refractivity (Wildman–Crippen MR) is 60.0 cm³/mol. The van der Waals surface area contributed by atoms with Crippen LogP contribution in [0.4, 0.5) is 0 Å². The summed E-state index contributed by atoms with van der Waals surface area (Å²) in [5.41, 5.74) is 5.47.